The molecular formula is C24H25Cl2FN2O. The molecule has 0 bridgehead atoms. The first-order valence-corrected chi connectivity index (χ1v) is 10.9. The first kappa shape index (κ1) is 22.4. The molecule has 0 spiro atoms. The minimum atomic E-state index is -0.251. The van der Waals surface area contributed by atoms with E-state index in [4.69, 9.17) is 23.2 Å². The summed E-state index contributed by atoms with van der Waals surface area (Å²) < 4.78 is 15.3. The number of aromatic nitrogens is 1. The fraction of sp³-hybridized carbons (Fsp3) is 0.292. The maximum Gasteiger partial charge on any atom is 0.254 e. The van der Waals surface area contributed by atoms with Crippen molar-refractivity contribution < 1.29 is 9.18 Å². The summed E-state index contributed by atoms with van der Waals surface area (Å²) in [7, 11) is 0. The summed E-state index contributed by atoms with van der Waals surface area (Å²) in [6, 6.07) is 15.4. The molecule has 0 atom stereocenters. The van der Waals surface area contributed by atoms with Crippen molar-refractivity contribution in [3.63, 3.8) is 0 Å². The number of benzene rings is 2. The van der Waals surface area contributed by atoms with Crippen LogP contribution >= 0.6 is 23.2 Å². The highest BCUT2D eigenvalue weighted by atomic mass is 35.5. The zero-order valence-electron chi connectivity index (χ0n) is 17.0. The molecular weight excluding hydrogens is 422 g/mol. The summed E-state index contributed by atoms with van der Waals surface area (Å²) in [4.78, 5) is 15.1. The van der Waals surface area contributed by atoms with E-state index in [1.807, 2.05) is 23.2 Å². The zero-order valence-corrected chi connectivity index (χ0v) is 18.5. The smallest absolute Gasteiger partial charge is 0.254 e. The van der Waals surface area contributed by atoms with Gasteiger partial charge in [-0.25, -0.2) is 4.39 Å². The predicted octanol–water partition coefficient (Wildman–Crippen LogP) is 6.81. The lowest BCUT2D eigenvalue weighted by molar-refractivity contribution is 0.0736. The number of hydrogen-bond donors (Lipinski definition) is 0. The van der Waals surface area contributed by atoms with Gasteiger partial charge in [0.05, 0.1) is 6.54 Å². The summed E-state index contributed by atoms with van der Waals surface area (Å²) in [5, 5.41) is 0.887. The average Bonchev–Trinajstić information content (AvgIpc) is 3.14. The Balaban J connectivity index is 1.80. The van der Waals surface area contributed by atoms with Gasteiger partial charge in [-0.15, -0.1) is 0 Å². The predicted molar refractivity (Wildman–Crippen MR) is 121 cm³/mol. The minimum Gasteiger partial charge on any atom is -0.345 e. The zero-order chi connectivity index (χ0) is 21.5. The van der Waals surface area contributed by atoms with Gasteiger partial charge in [-0.1, -0.05) is 55.1 Å². The van der Waals surface area contributed by atoms with E-state index in [0.29, 0.717) is 35.2 Å². The molecule has 1 amide bonds. The van der Waals surface area contributed by atoms with Crippen LogP contribution in [0.1, 0.15) is 47.8 Å². The average molecular weight is 447 g/mol. The molecule has 0 saturated carbocycles. The van der Waals surface area contributed by atoms with Crippen molar-refractivity contribution in [2.24, 2.45) is 0 Å². The molecule has 30 heavy (non-hydrogen) atoms. The van der Waals surface area contributed by atoms with Crippen LogP contribution in [0.15, 0.2) is 60.8 Å². The van der Waals surface area contributed by atoms with Crippen molar-refractivity contribution in [1.29, 1.82) is 0 Å². The second kappa shape index (κ2) is 10.6. The molecule has 0 N–H and O–H groups in total. The van der Waals surface area contributed by atoms with Gasteiger partial charge in [0, 0.05) is 40.6 Å². The van der Waals surface area contributed by atoms with Crippen molar-refractivity contribution in [1.82, 2.24) is 9.47 Å². The summed E-state index contributed by atoms with van der Waals surface area (Å²) in [6.45, 7) is 3.87. The van der Waals surface area contributed by atoms with Gasteiger partial charge in [0.1, 0.15) is 5.82 Å². The maximum atomic E-state index is 13.2. The third-order valence-corrected chi connectivity index (χ3v) is 5.41. The van der Waals surface area contributed by atoms with Gasteiger partial charge in [0.15, 0.2) is 0 Å². The van der Waals surface area contributed by atoms with Gasteiger partial charge >= 0.3 is 0 Å². The van der Waals surface area contributed by atoms with E-state index in [2.05, 4.69) is 11.5 Å². The number of unbranched alkanes of at least 4 members (excludes halogenated alkanes) is 2. The van der Waals surface area contributed by atoms with Crippen molar-refractivity contribution in [2.45, 2.75) is 39.3 Å². The van der Waals surface area contributed by atoms with Crippen LogP contribution in [0.5, 0.6) is 0 Å². The number of amides is 1. The van der Waals surface area contributed by atoms with E-state index in [1.165, 1.54) is 12.1 Å². The van der Waals surface area contributed by atoms with E-state index in [1.54, 1.807) is 30.3 Å². The fourth-order valence-corrected chi connectivity index (χ4v) is 3.92. The van der Waals surface area contributed by atoms with Crippen molar-refractivity contribution in [2.75, 3.05) is 6.54 Å². The molecule has 6 heteroatoms. The molecule has 0 aliphatic rings. The van der Waals surface area contributed by atoms with E-state index in [0.717, 1.165) is 30.5 Å². The van der Waals surface area contributed by atoms with Crippen LogP contribution in [-0.4, -0.2) is 21.9 Å². The molecule has 3 aromatic rings. The van der Waals surface area contributed by atoms with Crippen molar-refractivity contribution in [3.05, 3.63) is 93.5 Å². The van der Waals surface area contributed by atoms with Gasteiger partial charge < -0.3 is 9.47 Å². The van der Waals surface area contributed by atoms with Crippen LogP contribution in [0.25, 0.3) is 0 Å². The Morgan fingerprint density at radius 2 is 1.73 bits per heavy atom. The number of halogens is 3. The topological polar surface area (TPSA) is 25.2 Å². The van der Waals surface area contributed by atoms with Gasteiger partial charge in [0.25, 0.3) is 5.91 Å². The molecule has 0 aliphatic heterocycles. The highest BCUT2D eigenvalue weighted by Crippen LogP contribution is 2.21. The Kier molecular flexibility index (Phi) is 7.94. The van der Waals surface area contributed by atoms with Crippen LogP contribution in [0.3, 0.4) is 0 Å². The fourth-order valence-electron chi connectivity index (χ4n) is 3.39. The molecule has 0 unspecified atom stereocenters. The minimum absolute atomic E-state index is 0.0926. The molecule has 1 heterocycles. The maximum absolute atomic E-state index is 13.2. The molecule has 0 fully saturated rings. The quantitative estimate of drug-likeness (QED) is 0.331. The lowest BCUT2D eigenvalue weighted by Gasteiger charge is -2.24. The normalized spacial score (nSPS) is 10.9. The third-order valence-electron chi connectivity index (χ3n) is 4.97. The van der Waals surface area contributed by atoms with Gasteiger partial charge in [0.2, 0.25) is 0 Å². The Morgan fingerprint density at radius 3 is 2.40 bits per heavy atom. The first-order valence-electron chi connectivity index (χ1n) is 10.1. The lowest BCUT2D eigenvalue weighted by Crippen LogP contribution is -2.32. The standard InChI is InChI=1S/C24H25Cl2FN2O/c1-2-3-4-11-29(24(30)19-13-20(25)15-21(26)14-19)17-23-6-5-12-28(23)16-18-7-9-22(27)10-8-18/h5-10,12-15H,2-4,11,16-17H2,1H3. The molecule has 3 nitrogen and oxygen atoms in total. The van der Waals surface area contributed by atoms with Crippen molar-refractivity contribution >= 4 is 29.1 Å². The van der Waals surface area contributed by atoms with Crippen molar-refractivity contribution in [3.8, 4) is 0 Å². The molecule has 158 valence electrons. The molecule has 0 saturated heterocycles. The highest BCUT2D eigenvalue weighted by molar-refractivity contribution is 6.35. The van der Waals surface area contributed by atoms with E-state index >= 15 is 0 Å². The molecule has 1 aromatic heterocycles. The van der Waals surface area contributed by atoms with E-state index in [9.17, 15) is 9.18 Å². The number of carbonyl (C=O) groups is 1. The monoisotopic (exact) mass is 446 g/mol. The Morgan fingerprint density at radius 1 is 1.03 bits per heavy atom. The van der Waals surface area contributed by atoms with Crippen LogP contribution in [-0.2, 0) is 13.1 Å². The Labute approximate surface area is 187 Å². The molecule has 3 rings (SSSR count). The van der Waals surface area contributed by atoms with Gasteiger partial charge in [-0.3, -0.25) is 4.79 Å². The number of hydrogen-bond acceptors (Lipinski definition) is 1. The lowest BCUT2D eigenvalue weighted by atomic mass is 10.1. The number of nitrogens with zero attached hydrogens (tertiary/aromatic N) is 2. The molecule has 0 radical (unpaired) electrons. The first-order chi connectivity index (χ1) is 14.5. The summed E-state index contributed by atoms with van der Waals surface area (Å²) in [6.07, 6.45) is 5.03. The number of carbonyl (C=O) groups excluding carboxylic acids is 1. The molecule has 0 aliphatic carbocycles. The summed E-state index contributed by atoms with van der Waals surface area (Å²) in [5.74, 6) is -0.343. The van der Waals surface area contributed by atoms with Gasteiger partial charge in [-0.2, -0.15) is 0 Å². The van der Waals surface area contributed by atoms with Gasteiger partial charge in [-0.05, 0) is 54.4 Å². The third kappa shape index (κ3) is 6.10. The summed E-state index contributed by atoms with van der Waals surface area (Å²) >= 11 is 12.2. The number of rotatable bonds is 9. The second-order valence-corrected chi connectivity index (χ2v) is 8.22. The van der Waals surface area contributed by atoms with E-state index in [-0.39, 0.29) is 11.7 Å². The largest absolute Gasteiger partial charge is 0.345 e. The van der Waals surface area contributed by atoms with Crippen LogP contribution in [0, 0.1) is 5.82 Å². The summed E-state index contributed by atoms with van der Waals surface area (Å²) in [5.41, 5.74) is 2.50. The Hall–Kier alpha value is -2.30. The SMILES string of the molecule is CCCCCN(Cc1cccn1Cc1ccc(F)cc1)C(=O)c1cc(Cl)cc(Cl)c1. The van der Waals surface area contributed by atoms with Crippen LogP contribution in [0.4, 0.5) is 4.39 Å². The van der Waals surface area contributed by atoms with Crippen LogP contribution < -0.4 is 0 Å². The molecule has 2 aromatic carbocycles. The second-order valence-electron chi connectivity index (χ2n) is 7.35. The van der Waals surface area contributed by atoms with Crippen LogP contribution in [0.2, 0.25) is 10.0 Å². The Bertz CT molecular complexity index is 965. The van der Waals surface area contributed by atoms with E-state index < -0.39 is 0 Å². The highest BCUT2D eigenvalue weighted by Gasteiger charge is 2.18.